The number of hydrogen-bond acceptors (Lipinski definition) is 3. The lowest BCUT2D eigenvalue weighted by molar-refractivity contribution is -0.112. The average Bonchev–Trinajstić information content (AvgIpc) is 3.10. The third kappa shape index (κ3) is 4.48. The third-order valence-electron chi connectivity index (χ3n) is 5.57. The molecule has 0 spiro atoms. The summed E-state index contributed by atoms with van der Waals surface area (Å²) in [7, 11) is 1.56. The first-order valence-electron chi connectivity index (χ1n) is 10.4. The van der Waals surface area contributed by atoms with Gasteiger partial charge in [0.05, 0.1) is 13.7 Å². The second-order valence-corrected chi connectivity index (χ2v) is 7.55. The molecule has 0 fully saturated rings. The minimum absolute atomic E-state index is 0.0253. The number of methoxy groups -OCH3 is 1. The van der Waals surface area contributed by atoms with E-state index in [9.17, 15) is 14.4 Å². The van der Waals surface area contributed by atoms with Crippen molar-refractivity contribution in [2.75, 3.05) is 12.4 Å². The molecule has 4 aromatic rings. The maximum absolute atomic E-state index is 14.3. The molecule has 0 aliphatic carbocycles. The Kier molecular flexibility index (Phi) is 6.23. The van der Waals surface area contributed by atoms with Crippen LogP contribution in [-0.4, -0.2) is 17.6 Å². The second-order valence-electron chi connectivity index (χ2n) is 7.55. The topological polar surface area (TPSA) is 67.0 Å². The highest BCUT2D eigenvalue weighted by Crippen LogP contribution is 2.29. The van der Waals surface area contributed by atoms with Crippen LogP contribution >= 0.6 is 0 Å². The smallest absolute Gasteiger partial charge is 0.266 e. The zero-order chi connectivity index (χ0) is 23.4. The maximum Gasteiger partial charge on any atom is 0.266 e. The molecular formula is C27H22FN3O2. The van der Waals surface area contributed by atoms with Crippen molar-refractivity contribution in [1.82, 2.24) is 4.57 Å². The number of benzene rings is 3. The Balaban J connectivity index is 1.72. The number of para-hydroxylation sites is 1. The van der Waals surface area contributed by atoms with Crippen molar-refractivity contribution < 1.29 is 13.9 Å². The predicted molar refractivity (Wildman–Crippen MR) is 127 cm³/mol. The van der Waals surface area contributed by atoms with Gasteiger partial charge in [0.2, 0.25) is 0 Å². The highest BCUT2D eigenvalue weighted by molar-refractivity contribution is 6.11. The molecule has 5 nitrogen and oxygen atoms in total. The van der Waals surface area contributed by atoms with E-state index >= 15 is 0 Å². The Morgan fingerprint density at radius 1 is 1.09 bits per heavy atom. The maximum atomic E-state index is 14.3. The molecule has 0 bridgehead atoms. The number of hydrogen-bond donors (Lipinski definition) is 1. The quantitative estimate of drug-likeness (QED) is 0.310. The molecule has 1 amide bonds. The largest absolute Gasteiger partial charge is 0.497 e. The Morgan fingerprint density at radius 3 is 2.48 bits per heavy atom. The molecule has 0 saturated heterocycles. The second kappa shape index (κ2) is 9.41. The van der Waals surface area contributed by atoms with Crippen LogP contribution in [0.3, 0.4) is 0 Å². The fraction of sp³-hybridized carbons (Fsp3) is 0.111. The summed E-state index contributed by atoms with van der Waals surface area (Å²) < 4.78 is 21.4. The van der Waals surface area contributed by atoms with E-state index in [1.54, 1.807) is 55.7 Å². The van der Waals surface area contributed by atoms with Crippen LogP contribution in [0, 0.1) is 24.1 Å². The third-order valence-corrected chi connectivity index (χ3v) is 5.57. The Labute approximate surface area is 191 Å². The lowest BCUT2D eigenvalue weighted by atomic mass is 10.1. The van der Waals surface area contributed by atoms with Gasteiger partial charge in [-0.2, -0.15) is 5.26 Å². The molecule has 1 N–H and O–H groups in total. The summed E-state index contributed by atoms with van der Waals surface area (Å²) >= 11 is 0. The fourth-order valence-electron chi connectivity index (χ4n) is 3.81. The summed E-state index contributed by atoms with van der Waals surface area (Å²) in [6.07, 6.45) is 1.59. The van der Waals surface area contributed by atoms with E-state index in [0.29, 0.717) is 23.5 Å². The lowest BCUT2D eigenvalue weighted by Crippen LogP contribution is -2.13. The van der Waals surface area contributed by atoms with Crippen molar-refractivity contribution in [1.29, 1.82) is 5.26 Å². The zero-order valence-corrected chi connectivity index (χ0v) is 18.3. The van der Waals surface area contributed by atoms with Crippen LogP contribution in [0.5, 0.6) is 5.75 Å². The van der Waals surface area contributed by atoms with Gasteiger partial charge in [0.25, 0.3) is 5.91 Å². The number of aromatic nitrogens is 1. The first-order chi connectivity index (χ1) is 16.0. The molecule has 1 heterocycles. The van der Waals surface area contributed by atoms with E-state index in [4.69, 9.17) is 4.74 Å². The number of nitrogens with zero attached hydrogens (tertiary/aromatic N) is 2. The minimum atomic E-state index is -0.506. The van der Waals surface area contributed by atoms with Crippen molar-refractivity contribution in [3.05, 3.63) is 101 Å². The molecule has 3 aromatic carbocycles. The fourth-order valence-corrected chi connectivity index (χ4v) is 3.81. The Hall–Kier alpha value is -4.37. The minimum Gasteiger partial charge on any atom is -0.497 e. The normalized spacial score (nSPS) is 11.3. The van der Waals surface area contributed by atoms with Crippen molar-refractivity contribution >= 4 is 28.6 Å². The van der Waals surface area contributed by atoms with Crippen LogP contribution in [0.1, 0.15) is 16.8 Å². The van der Waals surface area contributed by atoms with Crippen molar-refractivity contribution in [2.24, 2.45) is 0 Å². The number of amides is 1. The van der Waals surface area contributed by atoms with Gasteiger partial charge in [-0.25, -0.2) is 4.39 Å². The van der Waals surface area contributed by atoms with Crippen LogP contribution < -0.4 is 10.1 Å². The lowest BCUT2D eigenvalue weighted by Gasteiger charge is -2.09. The van der Waals surface area contributed by atoms with Gasteiger partial charge in [-0.3, -0.25) is 4.79 Å². The predicted octanol–water partition coefficient (Wildman–Crippen LogP) is 5.69. The number of rotatable bonds is 6. The summed E-state index contributed by atoms with van der Waals surface area (Å²) in [5.41, 5.74) is 3.59. The Morgan fingerprint density at radius 2 is 1.79 bits per heavy atom. The van der Waals surface area contributed by atoms with Crippen LogP contribution in [-0.2, 0) is 11.3 Å². The van der Waals surface area contributed by atoms with Crippen LogP contribution in [0.25, 0.3) is 17.0 Å². The number of nitrogens with one attached hydrogen (secondary N) is 1. The molecular weight excluding hydrogens is 417 g/mol. The van der Waals surface area contributed by atoms with Gasteiger partial charge in [0.15, 0.2) is 0 Å². The number of halogens is 1. The van der Waals surface area contributed by atoms with Crippen LogP contribution in [0.4, 0.5) is 10.1 Å². The molecule has 0 radical (unpaired) electrons. The summed E-state index contributed by atoms with van der Waals surface area (Å²) in [5.74, 6) is -0.112. The van der Waals surface area contributed by atoms with E-state index in [0.717, 1.165) is 22.2 Å². The summed E-state index contributed by atoms with van der Waals surface area (Å²) in [4.78, 5) is 12.8. The molecule has 0 aliphatic rings. The number of carbonyl (C=O) groups is 1. The number of anilines is 1. The zero-order valence-electron chi connectivity index (χ0n) is 18.3. The van der Waals surface area contributed by atoms with Crippen LogP contribution in [0.15, 0.2) is 78.4 Å². The number of carbonyl (C=O) groups excluding carboxylic acids is 1. The first kappa shape index (κ1) is 21.8. The van der Waals surface area contributed by atoms with Gasteiger partial charge in [0.1, 0.15) is 23.2 Å². The van der Waals surface area contributed by atoms with Gasteiger partial charge in [-0.15, -0.1) is 0 Å². The number of ether oxygens (including phenoxy) is 1. The molecule has 6 heteroatoms. The number of nitriles is 1. The summed E-state index contributed by atoms with van der Waals surface area (Å²) in [5, 5.41) is 13.3. The van der Waals surface area contributed by atoms with E-state index in [1.807, 2.05) is 41.8 Å². The number of fused-ring (bicyclic) bond motifs is 1. The SMILES string of the molecule is COc1ccc(NC(=O)/C(C#N)=C/c2c(C)n(Cc3ccccc3F)c3ccccc23)cc1. The van der Waals surface area contributed by atoms with E-state index in [-0.39, 0.29) is 11.4 Å². The van der Waals surface area contributed by atoms with Crippen molar-refractivity contribution in [2.45, 2.75) is 13.5 Å². The van der Waals surface area contributed by atoms with Gasteiger partial charge < -0.3 is 14.6 Å². The first-order valence-corrected chi connectivity index (χ1v) is 10.4. The molecule has 4 rings (SSSR count). The standard InChI is InChI=1S/C27H22FN3O2/c1-18-24(15-20(16-29)27(32)30-21-11-13-22(33-2)14-12-21)23-8-4-6-10-26(23)31(18)17-19-7-3-5-9-25(19)28/h3-15H,17H2,1-2H3,(H,30,32)/b20-15+. The van der Waals surface area contributed by atoms with Gasteiger partial charge >= 0.3 is 0 Å². The van der Waals surface area contributed by atoms with Crippen LogP contribution in [0.2, 0.25) is 0 Å². The van der Waals surface area contributed by atoms with E-state index in [2.05, 4.69) is 5.32 Å². The summed E-state index contributed by atoms with van der Waals surface area (Å²) in [6, 6.07) is 23.2. The van der Waals surface area contributed by atoms with Crippen molar-refractivity contribution in [3.8, 4) is 11.8 Å². The summed E-state index contributed by atoms with van der Waals surface area (Å²) in [6.45, 7) is 2.25. The van der Waals surface area contributed by atoms with Crippen molar-refractivity contribution in [3.63, 3.8) is 0 Å². The Bertz CT molecular complexity index is 1400. The monoisotopic (exact) mass is 439 g/mol. The van der Waals surface area contributed by atoms with Gasteiger partial charge in [-0.1, -0.05) is 36.4 Å². The molecule has 0 saturated carbocycles. The molecule has 164 valence electrons. The molecule has 0 unspecified atom stereocenters. The van der Waals surface area contributed by atoms with E-state index < -0.39 is 5.91 Å². The van der Waals surface area contributed by atoms with E-state index in [1.165, 1.54) is 6.07 Å². The van der Waals surface area contributed by atoms with Gasteiger partial charge in [0, 0.05) is 33.4 Å². The highest BCUT2D eigenvalue weighted by atomic mass is 19.1. The molecule has 1 aromatic heterocycles. The average molecular weight is 439 g/mol. The molecule has 0 atom stereocenters. The van der Waals surface area contributed by atoms with Gasteiger partial charge in [-0.05, 0) is 49.4 Å². The molecule has 0 aliphatic heterocycles. The molecule has 33 heavy (non-hydrogen) atoms. The highest BCUT2D eigenvalue weighted by Gasteiger charge is 2.17.